The maximum atomic E-state index is 11.7. The van der Waals surface area contributed by atoms with E-state index in [9.17, 15) is 9.59 Å². The van der Waals surface area contributed by atoms with Crippen LogP contribution in [-0.2, 0) is 4.74 Å². The minimum atomic E-state index is -0.631. The Morgan fingerprint density at radius 2 is 2.47 bits per heavy atom. The third-order valence-corrected chi connectivity index (χ3v) is 2.51. The second-order valence-corrected chi connectivity index (χ2v) is 3.46. The van der Waals surface area contributed by atoms with Gasteiger partial charge in [0, 0.05) is 6.20 Å². The molecule has 6 nitrogen and oxygen atoms in total. The van der Waals surface area contributed by atoms with Gasteiger partial charge in [0.25, 0.3) is 0 Å². The molecule has 2 rings (SSSR count). The standard InChI is InChI=1S/C8H7N3O3S/c1-2-14-8(13)4-3-9-7-6(5(4)12)15-11-10-7/h3H,2H2,1H3,(H,9,12). The first-order chi connectivity index (χ1) is 7.24. The fourth-order valence-corrected chi connectivity index (χ4v) is 1.71. The summed E-state index contributed by atoms with van der Waals surface area (Å²) in [6.45, 7) is 1.91. The summed E-state index contributed by atoms with van der Waals surface area (Å²) >= 11 is 0.951. The molecule has 0 bridgehead atoms. The SMILES string of the molecule is CCOC(=O)c1c[nH]c2nnsc2c1=O. The van der Waals surface area contributed by atoms with Crippen LogP contribution in [0.2, 0.25) is 0 Å². The van der Waals surface area contributed by atoms with Gasteiger partial charge in [0.1, 0.15) is 10.3 Å². The fourth-order valence-electron chi connectivity index (χ4n) is 1.12. The Balaban J connectivity index is 2.57. The van der Waals surface area contributed by atoms with Crippen LogP contribution < -0.4 is 5.43 Å². The van der Waals surface area contributed by atoms with E-state index >= 15 is 0 Å². The number of H-pyrrole nitrogens is 1. The molecule has 0 unspecified atom stereocenters. The number of hydrogen-bond acceptors (Lipinski definition) is 6. The first-order valence-corrected chi connectivity index (χ1v) is 5.02. The molecule has 0 atom stereocenters. The van der Waals surface area contributed by atoms with Gasteiger partial charge < -0.3 is 9.72 Å². The highest BCUT2D eigenvalue weighted by Gasteiger charge is 2.15. The predicted octanol–water partition coefficient (Wildman–Crippen LogP) is 0.556. The van der Waals surface area contributed by atoms with Crippen molar-refractivity contribution in [3.05, 3.63) is 22.0 Å². The van der Waals surface area contributed by atoms with Crippen molar-refractivity contribution in [2.75, 3.05) is 6.61 Å². The van der Waals surface area contributed by atoms with E-state index in [2.05, 4.69) is 14.6 Å². The van der Waals surface area contributed by atoms with Gasteiger partial charge in [-0.1, -0.05) is 4.49 Å². The van der Waals surface area contributed by atoms with E-state index in [0.29, 0.717) is 10.3 Å². The fraction of sp³-hybridized carbons (Fsp3) is 0.250. The molecule has 2 aromatic rings. The number of esters is 1. The lowest BCUT2D eigenvalue weighted by Crippen LogP contribution is -2.17. The van der Waals surface area contributed by atoms with Gasteiger partial charge in [0.15, 0.2) is 5.65 Å². The zero-order chi connectivity index (χ0) is 10.8. The zero-order valence-corrected chi connectivity index (χ0v) is 8.63. The number of nitrogens with one attached hydrogen (secondary N) is 1. The number of aromatic nitrogens is 3. The normalized spacial score (nSPS) is 10.5. The highest BCUT2D eigenvalue weighted by atomic mass is 32.1. The lowest BCUT2D eigenvalue weighted by Gasteiger charge is -1.99. The third-order valence-electron chi connectivity index (χ3n) is 1.79. The molecule has 0 saturated heterocycles. The number of carbonyl (C=O) groups is 1. The molecule has 2 heterocycles. The molecule has 2 aromatic heterocycles. The summed E-state index contributed by atoms with van der Waals surface area (Å²) in [7, 11) is 0. The van der Waals surface area contributed by atoms with Crippen LogP contribution in [0.3, 0.4) is 0 Å². The molecule has 0 aromatic carbocycles. The first kappa shape index (κ1) is 9.78. The van der Waals surface area contributed by atoms with Crippen molar-refractivity contribution < 1.29 is 9.53 Å². The van der Waals surface area contributed by atoms with Crippen molar-refractivity contribution in [2.45, 2.75) is 6.92 Å². The van der Waals surface area contributed by atoms with Gasteiger partial charge in [-0.25, -0.2) is 4.79 Å². The van der Waals surface area contributed by atoms with E-state index < -0.39 is 11.4 Å². The first-order valence-electron chi connectivity index (χ1n) is 4.25. The average Bonchev–Trinajstić information content (AvgIpc) is 2.67. The van der Waals surface area contributed by atoms with Gasteiger partial charge in [-0.2, -0.15) is 0 Å². The largest absolute Gasteiger partial charge is 0.462 e. The molecular formula is C8H7N3O3S. The topological polar surface area (TPSA) is 84.9 Å². The van der Waals surface area contributed by atoms with Crippen LogP contribution in [0.1, 0.15) is 17.3 Å². The van der Waals surface area contributed by atoms with Crippen LogP contribution in [0, 0.1) is 0 Å². The molecule has 0 aliphatic carbocycles. The number of pyridine rings is 1. The number of ether oxygens (including phenoxy) is 1. The molecule has 0 spiro atoms. The van der Waals surface area contributed by atoms with Gasteiger partial charge in [0.05, 0.1) is 6.61 Å². The van der Waals surface area contributed by atoms with E-state index in [1.807, 2.05) is 0 Å². The lowest BCUT2D eigenvalue weighted by atomic mass is 10.3. The van der Waals surface area contributed by atoms with Gasteiger partial charge in [-0.3, -0.25) is 4.79 Å². The van der Waals surface area contributed by atoms with E-state index in [0.717, 1.165) is 11.5 Å². The second-order valence-electron chi connectivity index (χ2n) is 2.70. The molecule has 0 aliphatic rings. The number of carbonyl (C=O) groups excluding carboxylic acids is 1. The zero-order valence-electron chi connectivity index (χ0n) is 7.81. The quantitative estimate of drug-likeness (QED) is 0.754. The molecule has 7 heteroatoms. The molecule has 15 heavy (non-hydrogen) atoms. The summed E-state index contributed by atoms with van der Waals surface area (Å²) in [5.74, 6) is -0.631. The van der Waals surface area contributed by atoms with Crippen molar-refractivity contribution >= 4 is 27.8 Å². The highest BCUT2D eigenvalue weighted by Crippen LogP contribution is 2.08. The molecule has 0 aliphatic heterocycles. The lowest BCUT2D eigenvalue weighted by molar-refractivity contribution is 0.0524. The summed E-state index contributed by atoms with van der Waals surface area (Å²) in [5, 5.41) is 3.69. The van der Waals surface area contributed by atoms with Crippen molar-refractivity contribution in [1.29, 1.82) is 0 Å². The number of hydrogen-bond donors (Lipinski definition) is 1. The van der Waals surface area contributed by atoms with Crippen LogP contribution in [0.15, 0.2) is 11.0 Å². The van der Waals surface area contributed by atoms with Gasteiger partial charge in [0.2, 0.25) is 5.43 Å². The molecule has 0 radical (unpaired) electrons. The maximum Gasteiger partial charge on any atom is 0.343 e. The summed E-state index contributed by atoms with van der Waals surface area (Å²) in [4.78, 5) is 25.8. The average molecular weight is 225 g/mol. The number of nitrogens with zero attached hydrogens (tertiary/aromatic N) is 2. The van der Waals surface area contributed by atoms with E-state index in [-0.39, 0.29) is 12.2 Å². The third kappa shape index (κ3) is 1.61. The van der Waals surface area contributed by atoms with Crippen LogP contribution >= 0.6 is 11.5 Å². The van der Waals surface area contributed by atoms with Crippen LogP contribution in [0.5, 0.6) is 0 Å². The Labute approximate surface area is 88.1 Å². The van der Waals surface area contributed by atoms with E-state index in [4.69, 9.17) is 4.74 Å². The summed E-state index contributed by atoms with van der Waals surface area (Å²) in [5.41, 5.74) is -0.0225. The maximum absolute atomic E-state index is 11.7. The molecule has 78 valence electrons. The van der Waals surface area contributed by atoms with Gasteiger partial charge in [-0.15, -0.1) is 5.10 Å². The Hall–Kier alpha value is -1.76. The second kappa shape index (κ2) is 3.77. The van der Waals surface area contributed by atoms with Crippen molar-refractivity contribution in [3.63, 3.8) is 0 Å². The molecule has 0 saturated carbocycles. The molecular weight excluding hydrogens is 218 g/mol. The van der Waals surface area contributed by atoms with E-state index in [1.54, 1.807) is 6.92 Å². The van der Waals surface area contributed by atoms with Crippen molar-refractivity contribution in [1.82, 2.24) is 14.6 Å². The van der Waals surface area contributed by atoms with Crippen LogP contribution in [0.25, 0.3) is 10.3 Å². The summed E-state index contributed by atoms with van der Waals surface area (Å²) < 4.78 is 8.69. The number of aromatic amines is 1. The monoisotopic (exact) mass is 225 g/mol. The summed E-state index contributed by atoms with van der Waals surface area (Å²) in [6.07, 6.45) is 1.30. The van der Waals surface area contributed by atoms with E-state index in [1.165, 1.54) is 6.20 Å². The predicted molar refractivity (Wildman–Crippen MR) is 54.0 cm³/mol. The summed E-state index contributed by atoms with van der Waals surface area (Å²) in [6, 6.07) is 0. The van der Waals surface area contributed by atoms with Crippen molar-refractivity contribution in [3.8, 4) is 0 Å². The van der Waals surface area contributed by atoms with Gasteiger partial charge >= 0.3 is 5.97 Å². The Morgan fingerprint density at radius 3 is 3.20 bits per heavy atom. The highest BCUT2D eigenvalue weighted by molar-refractivity contribution is 7.12. The van der Waals surface area contributed by atoms with Crippen LogP contribution in [0.4, 0.5) is 0 Å². The smallest absolute Gasteiger partial charge is 0.343 e. The van der Waals surface area contributed by atoms with Gasteiger partial charge in [-0.05, 0) is 18.5 Å². The van der Waals surface area contributed by atoms with Crippen molar-refractivity contribution in [2.24, 2.45) is 0 Å². The number of rotatable bonds is 2. The Bertz CT molecular complexity index is 560. The minimum absolute atomic E-state index is 0.0181. The Kier molecular flexibility index (Phi) is 2.46. The molecule has 0 fully saturated rings. The molecule has 1 N–H and O–H groups in total. The minimum Gasteiger partial charge on any atom is -0.462 e. The molecule has 0 amide bonds. The van der Waals surface area contributed by atoms with Crippen LogP contribution in [-0.4, -0.2) is 27.1 Å². The Morgan fingerprint density at radius 1 is 1.67 bits per heavy atom. The number of fused-ring (bicyclic) bond motifs is 1.